The molecule has 0 radical (unpaired) electrons. The Morgan fingerprint density at radius 3 is 2.72 bits per heavy atom. The fourth-order valence-corrected chi connectivity index (χ4v) is 4.56. The molecule has 1 aliphatic carbocycles. The Morgan fingerprint density at radius 1 is 1.31 bits per heavy atom. The Labute approximate surface area is 173 Å². The lowest BCUT2D eigenvalue weighted by molar-refractivity contribution is 0.103. The number of ether oxygens (including phenoxy) is 2. The zero-order valence-corrected chi connectivity index (χ0v) is 17.5. The van der Waals surface area contributed by atoms with Crippen LogP contribution in [0.15, 0.2) is 18.3 Å². The average Bonchev–Trinajstić information content (AvgIpc) is 3.04. The zero-order chi connectivity index (χ0) is 20.7. The van der Waals surface area contributed by atoms with Crippen molar-refractivity contribution in [1.29, 1.82) is 0 Å². The normalized spacial score (nSPS) is 25.7. The lowest BCUT2D eigenvalue weighted by Crippen LogP contribution is -2.49. The third-order valence-electron chi connectivity index (χ3n) is 6.33. The van der Waals surface area contributed by atoms with Gasteiger partial charge in [-0.1, -0.05) is 5.92 Å². The van der Waals surface area contributed by atoms with Gasteiger partial charge >= 0.3 is 6.09 Å². The first-order valence-electron chi connectivity index (χ1n) is 10.4. The molecule has 1 aromatic rings. The fraction of sp³-hybridized carbons (Fsp3) is 0.636. The summed E-state index contributed by atoms with van der Waals surface area (Å²) in [7, 11) is 3.69. The number of carbonyl (C=O) groups excluding carboxylic acids is 1. The lowest BCUT2D eigenvalue weighted by Gasteiger charge is -2.43. The number of nitrogens with zero attached hydrogens (tertiary/aromatic N) is 3. The fourth-order valence-electron chi connectivity index (χ4n) is 4.56. The summed E-state index contributed by atoms with van der Waals surface area (Å²) in [6.45, 7) is 3.34. The quantitative estimate of drug-likeness (QED) is 0.765. The predicted octanol–water partition coefficient (Wildman–Crippen LogP) is 2.22. The summed E-state index contributed by atoms with van der Waals surface area (Å²) in [6.07, 6.45) is 11.9. The Hall–Kier alpha value is -2.30. The molecule has 2 heterocycles. The Bertz CT molecular complexity index is 708. The summed E-state index contributed by atoms with van der Waals surface area (Å²) >= 11 is 0. The number of pyridine rings is 1. The smallest absolute Gasteiger partial charge is 0.410 e. The lowest BCUT2D eigenvalue weighted by atomic mass is 9.76. The molecule has 1 N–H and O–H groups in total. The molecule has 1 aliphatic heterocycles. The minimum atomic E-state index is -0.298. The third-order valence-corrected chi connectivity index (χ3v) is 6.33. The molecule has 0 aromatic carbocycles. The minimum Gasteiger partial charge on any atom is -0.495 e. The molecule has 7 heteroatoms. The van der Waals surface area contributed by atoms with E-state index in [2.05, 4.69) is 27.2 Å². The maximum atomic E-state index is 12.1. The van der Waals surface area contributed by atoms with Crippen LogP contribution in [0, 0.1) is 12.3 Å². The monoisotopic (exact) mass is 400 g/mol. The summed E-state index contributed by atoms with van der Waals surface area (Å²) in [5, 5.41) is 3.54. The van der Waals surface area contributed by atoms with Gasteiger partial charge in [-0.15, -0.1) is 6.42 Å². The molecule has 158 valence electrons. The van der Waals surface area contributed by atoms with Gasteiger partial charge in [0.2, 0.25) is 0 Å². The Balaban J connectivity index is 1.56. The van der Waals surface area contributed by atoms with Crippen LogP contribution in [0.1, 0.15) is 37.8 Å². The first-order valence-corrected chi connectivity index (χ1v) is 10.4. The molecule has 3 rings (SSSR count). The molecule has 29 heavy (non-hydrogen) atoms. The van der Waals surface area contributed by atoms with E-state index in [9.17, 15) is 4.79 Å². The zero-order valence-electron chi connectivity index (χ0n) is 17.5. The van der Waals surface area contributed by atoms with Crippen LogP contribution in [0.25, 0.3) is 0 Å². The third kappa shape index (κ3) is 5.01. The molecule has 0 atom stereocenters. The van der Waals surface area contributed by atoms with E-state index >= 15 is 0 Å². The molecule has 0 spiro atoms. The van der Waals surface area contributed by atoms with Gasteiger partial charge in [0.05, 0.1) is 24.5 Å². The van der Waals surface area contributed by atoms with E-state index < -0.39 is 0 Å². The van der Waals surface area contributed by atoms with Gasteiger partial charge in [-0.25, -0.2) is 4.79 Å². The maximum Gasteiger partial charge on any atom is 0.410 e. The molecule has 1 saturated carbocycles. The van der Waals surface area contributed by atoms with Crippen molar-refractivity contribution in [3.63, 3.8) is 0 Å². The van der Waals surface area contributed by atoms with Crippen LogP contribution in [0.5, 0.6) is 5.75 Å². The van der Waals surface area contributed by atoms with Crippen LogP contribution in [0.4, 0.5) is 4.79 Å². The molecule has 2 aliphatic rings. The van der Waals surface area contributed by atoms with E-state index in [0.717, 1.165) is 63.2 Å². The number of nitrogens with one attached hydrogen (secondary N) is 1. The summed E-state index contributed by atoms with van der Waals surface area (Å²) in [4.78, 5) is 21.0. The Morgan fingerprint density at radius 2 is 2.10 bits per heavy atom. The molecular weight excluding hydrogens is 368 g/mol. The first-order chi connectivity index (χ1) is 14.1. The highest BCUT2D eigenvalue weighted by atomic mass is 16.6. The summed E-state index contributed by atoms with van der Waals surface area (Å²) in [5.74, 6) is 3.13. The predicted molar refractivity (Wildman–Crippen MR) is 112 cm³/mol. The van der Waals surface area contributed by atoms with Crippen LogP contribution < -0.4 is 10.1 Å². The number of methoxy groups -OCH3 is 1. The summed E-state index contributed by atoms with van der Waals surface area (Å²) in [6, 6.07) is 4.59. The minimum absolute atomic E-state index is 0.0349. The van der Waals surface area contributed by atoms with Crippen molar-refractivity contribution < 1.29 is 14.3 Å². The second-order valence-electron chi connectivity index (χ2n) is 7.78. The van der Waals surface area contributed by atoms with Gasteiger partial charge in [0, 0.05) is 32.2 Å². The van der Waals surface area contributed by atoms with Gasteiger partial charge in [0.15, 0.2) is 6.61 Å². The molecule has 0 bridgehead atoms. The van der Waals surface area contributed by atoms with Gasteiger partial charge in [0.25, 0.3) is 0 Å². The highest BCUT2D eigenvalue weighted by Crippen LogP contribution is 2.38. The van der Waals surface area contributed by atoms with Gasteiger partial charge in [-0.05, 0) is 51.3 Å². The first kappa shape index (κ1) is 21.4. The van der Waals surface area contributed by atoms with Crippen LogP contribution >= 0.6 is 0 Å². The van der Waals surface area contributed by atoms with Gasteiger partial charge in [0.1, 0.15) is 5.75 Å². The number of hydrogen-bond acceptors (Lipinski definition) is 6. The van der Waals surface area contributed by atoms with Crippen LogP contribution in [-0.2, 0) is 10.3 Å². The van der Waals surface area contributed by atoms with Crippen molar-refractivity contribution in [3.05, 3.63) is 24.0 Å². The van der Waals surface area contributed by atoms with E-state index in [0.29, 0.717) is 12.6 Å². The van der Waals surface area contributed by atoms with Crippen molar-refractivity contribution in [2.45, 2.75) is 43.7 Å². The van der Waals surface area contributed by atoms with Gasteiger partial charge in [-0.3, -0.25) is 9.88 Å². The van der Waals surface area contributed by atoms with E-state index in [4.69, 9.17) is 15.9 Å². The maximum absolute atomic E-state index is 12.1. The van der Waals surface area contributed by atoms with Crippen molar-refractivity contribution in [2.24, 2.45) is 0 Å². The average molecular weight is 401 g/mol. The SMILES string of the molecule is C#CCOC(=O)N1CCCN(C2CCC(NC)(c3ccc(OC)cn3)CC2)CC1. The number of rotatable bonds is 5. The molecule has 1 aromatic heterocycles. The second-order valence-corrected chi connectivity index (χ2v) is 7.78. The van der Waals surface area contributed by atoms with Crippen LogP contribution in [-0.4, -0.2) is 73.9 Å². The van der Waals surface area contributed by atoms with Crippen molar-refractivity contribution in [1.82, 2.24) is 20.1 Å². The molecular formula is C22H32N4O3. The van der Waals surface area contributed by atoms with E-state index in [1.54, 1.807) is 18.2 Å². The summed E-state index contributed by atoms with van der Waals surface area (Å²) in [5.41, 5.74) is 0.997. The number of aromatic nitrogens is 1. The molecule has 1 amide bonds. The standard InChI is InChI=1S/C22H32N4O3/c1-4-16-29-21(27)26-13-5-12-25(14-15-26)18-8-10-22(23-2,11-9-18)20-7-6-19(28-3)17-24-20/h1,6-7,17-18,23H,5,8-16H2,2-3H3. The molecule has 0 unspecified atom stereocenters. The van der Waals surface area contributed by atoms with E-state index in [1.807, 2.05) is 13.1 Å². The molecule has 2 fully saturated rings. The topological polar surface area (TPSA) is 66.9 Å². The van der Waals surface area contributed by atoms with Crippen molar-refractivity contribution >= 4 is 6.09 Å². The highest BCUT2D eigenvalue weighted by Gasteiger charge is 2.38. The van der Waals surface area contributed by atoms with Crippen LogP contribution in [0.2, 0.25) is 0 Å². The van der Waals surface area contributed by atoms with E-state index in [-0.39, 0.29) is 18.2 Å². The number of carbonyl (C=O) groups is 1. The van der Waals surface area contributed by atoms with Gasteiger partial charge < -0.3 is 19.7 Å². The molecule has 1 saturated heterocycles. The number of amides is 1. The van der Waals surface area contributed by atoms with E-state index in [1.165, 1.54) is 0 Å². The van der Waals surface area contributed by atoms with Gasteiger partial charge in [-0.2, -0.15) is 0 Å². The van der Waals surface area contributed by atoms with Crippen molar-refractivity contribution in [2.75, 3.05) is 46.9 Å². The van der Waals surface area contributed by atoms with Crippen LogP contribution in [0.3, 0.4) is 0 Å². The summed E-state index contributed by atoms with van der Waals surface area (Å²) < 4.78 is 10.3. The Kier molecular flexibility index (Phi) is 7.34. The number of hydrogen-bond donors (Lipinski definition) is 1. The van der Waals surface area contributed by atoms with Crippen molar-refractivity contribution in [3.8, 4) is 18.1 Å². The highest BCUT2D eigenvalue weighted by molar-refractivity contribution is 5.67. The second kappa shape index (κ2) is 9.95. The molecule has 7 nitrogen and oxygen atoms in total. The largest absolute Gasteiger partial charge is 0.495 e. The number of terminal acetylenes is 1.